The molecule has 6 rings (SSSR count). The van der Waals surface area contributed by atoms with Crippen LogP contribution in [0.3, 0.4) is 0 Å². The summed E-state index contributed by atoms with van der Waals surface area (Å²) in [5.74, 6) is -0.587. The molecule has 274 valence electrons. The normalized spacial score (nSPS) is 18.2. The van der Waals surface area contributed by atoms with Crippen LogP contribution in [0.25, 0.3) is 22.0 Å². The molecule has 2 aromatic carbocycles. The number of aryl methyl sites for hydroxylation is 1. The van der Waals surface area contributed by atoms with Crippen LogP contribution in [0, 0.1) is 18.8 Å². The fourth-order valence-electron chi connectivity index (χ4n) is 6.77. The third kappa shape index (κ3) is 9.54. The number of fused-ring (bicyclic) bond motifs is 1. The Labute approximate surface area is 304 Å². The minimum atomic E-state index is -0.820. The Morgan fingerprint density at radius 3 is 2.37 bits per heavy atom. The first-order valence-corrected chi connectivity index (χ1v) is 18.3. The zero-order valence-corrected chi connectivity index (χ0v) is 30.4. The van der Waals surface area contributed by atoms with Crippen molar-refractivity contribution in [2.45, 2.75) is 96.7 Å². The highest BCUT2D eigenvalue weighted by Crippen LogP contribution is 2.29. The molecule has 0 saturated heterocycles. The van der Waals surface area contributed by atoms with Gasteiger partial charge in [0.05, 0.1) is 11.7 Å². The minimum Gasteiger partial charge on any atom is -0.444 e. The number of carbonyl (C=O) groups excluding carboxylic acids is 4. The number of anilines is 1. The molecular weight excluding hydrogens is 658 g/mol. The van der Waals surface area contributed by atoms with Crippen molar-refractivity contribution >= 4 is 40.4 Å². The first kappa shape index (κ1) is 36.5. The molecule has 52 heavy (non-hydrogen) atoms. The molecule has 0 unspecified atom stereocenters. The average Bonchev–Trinajstić information content (AvgIpc) is 3.56. The maximum atomic E-state index is 13.8. The second-order valence-corrected chi connectivity index (χ2v) is 15.2. The zero-order chi connectivity index (χ0) is 36.8. The lowest BCUT2D eigenvalue weighted by Gasteiger charge is -2.29. The van der Waals surface area contributed by atoms with Crippen LogP contribution in [0.2, 0.25) is 0 Å². The van der Waals surface area contributed by atoms with Gasteiger partial charge in [-0.3, -0.25) is 19.5 Å². The Balaban J connectivity index is 1.10. The molecule has 2 heterocycles. The van der Waals surface area contributed by atoms with E-state index < -0.39 is 17.7 Å². The Morgan fingerprint density at radius 1 is 0.942 bits per heavy atom. The highest BCUT2D eigenvalue weighted by Gasteiger charge is 2.30. The largest absolute Gasteiger partial charge is 0.444 e. The van der Waals surface area contributed by atoms with E-state index in [2.05, 4.69) is 36.4 Å². The van der Waals surface area contributed by atoms with E-state index >= 15 is 0 Å². The molecule has 12 nitrogen and oxygen atoms in total. The molecule has 0 radical (unpaired) electrons. The molecule has 0 bridgehead atoms. The van der Waals surface area contributed by atoms with Gasteiger partial charge < -0.3 is 26.0 Å². The topological polar surface area (TPSA) is 167 Å². The van der Waals surface area contributed by atoms with Gasteiger partial charge in [0.1, 0.15) is 17.3 Å². The van der Waals surface area contributed by atoms with Crippen LogP contribution in [-0.4, -0.2) is 63.2 Å². The fraction of sp³-hybridized carbons (Fsp3) is 0.450. The van der Waals surface area contributed by atoms with Gasteiger partial charge in [-0.15, -0.1) is 0 Å². The van der Waals surface area contributed by atoms with Crippen molar-refractivity contribution in [2.75, 3.05) is 11.9 Å². The van der Waals surface area contributed by atoms with Gasteiger partial charge in [-0.05, 0) is 114 Å². The third-order valence-electron chi connectivity index (χ3n) is 9.96. The molecule has 0 spiro atoms. The summed E-state index contributed by atoms with van der Waals surface area (Å²) in [6.07, 6.45) is 7.65. The number of pyridine rings is 1. The number of benzene rings is 2. The molecule has 12 heteroatoms. The number of amides is 4. The van der Waals surface area contributed by atoms with E-state index in [0.29, 0.717) is 30.8 Å². The molecule has 2 fully saturated rings. The smallest absolute Gasteiger partial charge is 0.407 e. The van der Waals surface area contributed by atoms with Crippen LogP contribution >= 0.6 is 0 Å². The summed E-state index contributed by atoms with van der Waals surface area (Å²) in [5.41, 5.74) is 4.73. The lowest BCUT2D eigenvalue weighted by atomic mass is 9.81. The van der Waals surface area contributed by atoms with E-state index in [4.69, 9.17) is 4.74 Å². The van der Waals surface area contributed by atoms with E-state index in [1.807, 2.05) is 76.2 Å². The van der Waals surface area contributed by atoms with Crippen LogP contribution < -0.4 is 21.3 Å². The molecule has 2 aliphatic rings. The number of carbonyl (C=O) groups is 4. The van der Waals surface area contributed by atoms with E-state index in [9.17, 15) is 19.2 Å². The van der Waals surface area contributed by atoms with Gasteiger partial charge in [0, 0.05) is 47.3 Å². The second-order valence-electron chi connectivity index (χ2n) is 15.2. The lowest BCUT2D eigenvalue weighted by molar-refractivity contribution is -0.130. The predicted molar refractivity (Wildman–Crippen MR) is 200 cm³/mol. The van der Waals surface area contributed by atoms with Crippen LogP contribution in [0.4, 0.5) is 10.5 Å². The number of H-pyrrole nitrogens is 1. The van der Waals surface area contributed by atoms with Gasteiger partial charge in [0.25, 0.3) is 5.91 Å². The van der Waals surface area contributed by atoms with E-state index in [-0.39, 0.29) is 42.0 Å². The minimum absolute atomic E-state index is 0.145. The van der Waals surface area contributed by atoms with Crippen LogP contribution in [0.15, 0.2) is 60.8 Å². The number of nitrogens with zero attached hydrogens (tertiary/aromatic N) is 2. The first-order valence-electron chi connectivity index (χ1n) is 18.3. The number of aromatic amines is 1. The number of alkyl carbamates (subject to hydrolysis) is 1. The molecule has 5 N–H and O–H groups in total. The van der Waals surface area contributed by atoms with Gasteiger partial charge in [-0.2, -0.15) is 5.10 Å². The number of hydrogen-bond acceptors (Lipinski definition) is 7. The lowest BCUT2D eigenvalue weighted by Crippen LogP contribution is -2.48. The molecule has 1 atom stereocenters. The fourth-order valence-corrected chi connectivity index (χ4v) is 6.77. The van der Waals surface area contributed by atoms with Gasteiger partial charge in [-0.25, -0.2) is 9.78 Å². The summed E-state index contributed by atoms with van der Waals surface area (Å²) in [5, 5.41) is 19.9. The van der Waals surface area contributed by atoms with Crippen molar-refractivity contribution in [3.05, 3.63) is 77.7 Å². The Kier molecular flexibility index (Phi) is 11.2. The summed E-state index contributed by atoms with van der Waals surface area (Å²) in [4.78, 5) is 56.7. The van der Waals surface area contributed by atoms with E-state index in [1.165, 1.54) is 0 Å². The summed E-state index contributed by atoms with van der Waals surface area (Å²) in [6.45, 7) is 7.88. The summed E-state index contributed by atoms with van der Waals surface area (Å²) >= 11 is 0. The van der Waals surface area contributed by atoms with Crippen molar-refractivity contribution in [2.24, 2.45) is 11.8 Å². The van der Waals surface area contributed by atoms with Crippen molar-refractivity contribution in [3.8, 4) is 11.1 Å². The Morgan fingerprint density at radius 2 is 1.69 bits per heavy atom. The van der Waals surface area contributed by atoms with Gasteiger partial charge in [0.2, 0.25) is 11.8 Å². The standard InChI is InChI=1S/C40H49N7O5/c1-24-32(18-19-33(43-24)37(49)44-30-6-5-7-30)27-12-8-25(9-13-27)20-35(38(50)45-31-17-16-29-23-42-47-34(29)21-31)46-36(48)28-14-10-26(11-15-28)22-41-39(51)52-40(2,3)4/h8-9,12-13,16-19,21,23,26,28,30,35H,5-7,10-11,14-15,20,22H2,1-4H3,(H,41,51)(H,42,47)(H,44,49)(H,45,50)(H,46,48)/t26?,28?,35-/m0/s1. The van der Waals surface area contributed by atoms with Gasteiger partial charge in [-0.1, -0.05) is 30.3 Å². The number of hydrogen-bond donors (Lipinski definition) is 5. The Bertz CT molecular complexity index is 1900. The maximum absolute atomic E-state index is 13.8. The molecule has 0 aliphatic heterocycles. The number of ether oxygens (including phenoxy) is 1. The third-order valence-corrected chi connectivity index (χ3v) is 9.96. The van der Waals surface area contributed by atoms with Crippen LogP contribution in [0.1, 0.15) is 87.5 Å². The van der Waals surface area contributed by atoms with Crippen molar-refractivity contribution in [1.82, 2.24) is 31.1 Å². The van der Waals surface area contributed by atoms with Crippen molar-refractivity contribution in [3.63, 3.8) is 0 Å². The highest BCUT2D eigenvalue weighted by molar-refractivity contribution is 5.99. The Hall–Kier alpha value is -5.26. The number of rotatable bonds is 11. The van der Waals surface area contributed by atoms with Crippen molar-refractivity contribution < 1.29 is 23.9 Å². The number of nitrogens with one attached hydrogen (secondary N) is 5. The summed E-state index contributed by atoms with van der Waals surface area (Å²) in [6, 6.07) is 16.5. The van der Waals surface area contributed by atoms with Crippen LogP contribution in [0.5, 0.6) is 0 Å². The molecular formula is C40H49N7O5. The quantitative estimate of drug-likeness (QED) is 0.124. The highest BCUT2D eigenvalue weighted by atomic mass is 16.6. The monoisotopic (exact) mass is 707 g/mol. The molecule has 4 amide bonds. The van der Waals surface area contributed by atoms with Crippen LogP contribution in [-0.2, 0) is 20.7 Å². The average molecular weight is 708 g/mol. The molecule has 2 aliphatic carbocycles. The molecule has 4 aromatic rings. The van der Waals surface area contributed by atoms with Gasteiger partial charge in [0.15, 0.2) is 0 Å². The molecule has 2 aromatic heterocycles. The predicted octanol–water partition coefficient (Wildman–Crippen LogP) is 6.21. The van der Waals surface area contributed by atoms with Gasteiger partial charge >= 0.3 is 6.09 Å². The first-order chi connectivity index (χ1) is 24.9. The summed E-state index contributed by atoms with van der Waals surface area (Å²) in [7, 11) is 0. The molecule has 2 saturated carbocycles. The van der Waals surface area contributed by atoms with Crippen molar-refractivity contribution in [1.29, 1.82) is 0 Å². The number of aromatic nitrogens is 3. The second kappa shape index (κ2) is 16.0. The zero-order valence-electron chi connectivity index (χ0n) is 30.4. The van der Waals surface area contributed by atoms with E-state index in [0.717, 1.165) is 65.4 Å². The SMILES string of the molecule is Cc1nc(C(=O)NC2CCC2)ccc1-c1ccc(C[C@H](NC(=O)C2CCC(CNC(=O)OC(C)(C)C)CC2)C(=O)Nc2ccc3cn[nH]c3c2)cc1. The maximum Gasteiger partial charge on any atom is 0.407 e. The van der Waals surface area contributed by atoms with E-state index in [1.54, 1.807) is 12.3 Å². The summed E-state index contributed by atoms with van der Waals surface area (Å²) < 4.78 is 5.35.